The summed E-state index contributed by atoms with van der Waals surface area (Å²) in [6.45, 7) is 7.63. The van der Waals surface area contributed by atoms with Gasteiger partial charge in [0.1, 0.15) is 6.61 Å². The van der Waals surface area contributed by atoms with Gasteiger partial charge < -0.3 is 14.2 Å². The van der Waals surface area contributed by atoms with E-state index in [-0.39, 0.29) is 25.2 Å². The molecule has 1 atom stereocenters. The first-order valence-electron chi connectivity index (χ1n) is 27.1. The average Bonchev–Trinajstić information content (AvgIpc) is 3.30. The largest absolute Gasteiger partial charge is 0.462 e. The highest BCUT2D eigenvalue weighted by atomic mass is 16.6. The highest BCUT2D eigenvalue weighted by Gasteiger charge is 2.17. The lowest BCUT2D eigenvalue weighted by molar-refractivity contribution is -0.163. The number of rotatable bonds is 49. The number of esters is 2. The molecule has 0 spiro atoms. The van der Waals surface area contributed by atoms with Crippen molar-refractivity contribution in [1.82, 2.24) is 0 Å². The summed E-state index contributed by atoms with van der Waals surface area (Å²) in [5.41, 5.74) is 0. The van der Waals surface area contributed by atoms with E-state index in [1.807, 2.05) is 0 Å². The summed E-state index contributed by atoms with van der Waals surface area (Å²) in [4.78, 5) is 25.4. The van der Waals surface area contributed by atoms with Crippen LogP contribution in [0.2, 0.25) is 0 Å². The fourth-order valence-corrected chi connectivity index (χ4v) is 7.40. The van der Waals surface area contributed by atoms with Gasteiger partial charge in [-0.25, -0.2) is 0 Å². The molecule has 5 heteroatoms. The van der Waals surface area contributed by atoms with Crippen LogP contribution in [0.15, 0.2) is 85.1 Å². The van der Waals surface area contributed by atoms with Crippen LogP contribution in [0.4, 0.5) is 0 Å². The van der Waals surface area contributed by atoms with E-state index >= 15 is 0 Å². The molecule has 0 saturated carbocycles. The molecule has 1 unspecified atom stereocenters. The van der Waals surface area contributed by atoms with Gasteiger partial charge in [0.2, 0.25) is 0 Å². The van der Waals surface area contributed by atoms with Gasteiger partial charge in [-0.05, 0) is 89.9 Å². The van der Waals surface area contributed by atoms with Gasteiger partial charge >= 0.3 is 11.9 Å². The van der Waals surface area contributed by atoms with Crippen molar-refractivity contribution < 1.29 is 23.8 Å². The Morgan fingerprint density at radius 2 is 0.719 bits per heavy atom. The van der Waals surface area contributed by atoms with Gasteiger partial charge in [-0.3, -0.25) is 9.59 Å². The number of carbonyl (C=O) groups is 2. The van der Waals surface area contributed by atoms with E-state index in [2.05, 4.69) is 106 Å². The molecule has 368 valence electrons. The Morgan fingerprint density at radius 3 is 1.20 bits per heavy atom. The first-order valence-corrected chi connectivity index (χ1v) is 27.1. The summed E-state index contributed by atoms with van der Waals surface area (Å²) < 4.78 is 17.4. The zero-order valence-electron chi connectivity index (χ0n) is 42.3. The fraction of sp³-hybridized carbons (Fsp3) is 0.729. The van der Waals surface area contributed by atoms with Gasteiger partial charge in [-0.2, -0.15) is 0 Å². The van der Waals surface area contributed by atoms with E-state index in [0.717, 1.165) is 77.0 Å². The van der Waals surface area contributed by atoms with Crippen LogP contribution in [0.3, 0.4) is 0 Å². The summed E-state index contributed by atoms with van der Waals surface area (Å²) in [5.74, 6) is -0.465. The van der Waals surface area contributed by atoms with Crippen LogP contribution < -0.4 is 0 Å². The van der Waals surface area contributed by atoms with Crippen LogP contribution in [0.1, 0.15) is 252 Å². The number of hydrogen-bond acceptors (Lipinski definition) is 5. The highest BCUT2D eigenvalue weighted by molar-refractivity contribution is 5.70. The van der Waals surface area contributed by atoms with Crippen molar-refractivity contribution in [1.29, 1.82) is 0 Å². The Hall–Kier alpha value is -2.92. The first-order chi connectivity index (χ1) is 31.6. The van der Waals surface area contributed by atoms with E-state index in [9.17, 15) is 9.59 Å². The summed E-state index contributed by atoms with van der Waals surface area (Å²) in [5, 5.41) is 0. The van der Waals surface area contributed by atoms with Gasteiger partial charge in [0, 0.05) is 19.4 Å². The van der Waals surface area contributed by atoms with Crippen molar-refractivity contribution in [3.05, 3.63) is 85.1 Å². The molecular weight excluding hydrogens is 789 g/mol. The van der Waals surface area contributed by atoms with Crippen LogP contribution in [0.5, 0.6) is 0 Å². The molecule has 0 aliphatic rings. The average molecular weight is 891 g/mol. The molecule has 5 nitrogen and oxygen atoms in total. The predicted molar refractivity (Wildman–Crippen MR) is 279 cm³/mol. The Labute approximate surface area is 397 Å². The lowest BCUT2D eigenvalue weighted by Crippen LogP contribution is -2.30. The minimum Gasteiger partial charge on any atom is -0.462 e. The van der Waals surface area contributed by atoms with E-state index < -0.39 is 6.10 Å². The van der Waals surface area contributed by atoms with Gasteiger partial charge in [0.05, 0.1) is 6.61 Å². The third-order valence-electron chi connectivity index (χ3n) is 11.4. The molecule has 0 aromatic carbocycles. The summed E-state index contributed by atoms with van der Waals surface area (Å²) in [6, 6.07) is 0. The van der Waals surface area contributed by atoms with Crippen LogP contribution in [0, 0.1) is 0 Å². The maximum Gasteiger partial charge on any atom is 0.306 e. The number of hydrogen-bond donors (Lipinski definition) is 0. The van der Waals surface area contributed by atoms with Crippen LogP contribution >= 0.6 is 0 Å². The first kappa shape index (κ1) is 61.1. The van der Waals surface area contributed by atoms with Gasteiger partial charge in [0.25, 0.3) is 0 Å². The molecule has 0 aliphatic heterocycles. The molecule has 0 radical (unpaired) electrons. The molecule has 0 amide bonds. The molecule has 0 N–H and O–H groups in total. The SMILES string of the molecule is CC/C=C\C/C=C\C/C=C\C/C=C\C/C=C\CCCC(=O)OCC(COCCCCCCCC/C=C\C/C=C\CCCCC)OC(=O)CCCCCCCCCCCCCCCCC. The second-order valence-electron chi connectivity index (χ2n) is 17.8. The molecule has 0 saturated heterocycles. The highest BCUT2D eigenvalue weighted by Crippen LogP contribution is 2.15. The quantitative estimate of drug-likeness (QED) is 0.0346. The molecular formula is C59H102O5. The minimum absolute atomic E-state index is 0.0504. The van der Waals surface area contributed by atoms with Crippen molar-refractivity contribution in [2.24, 2.45) is 0 Å². The predicted octanol–water partition coefficient (Wildman–Crippen LogP) is 18.5. The molecule has 0 heterocycles. The third-order valence-corrected chi connectivity index (χ3v) is 11.4. The number of ether oxygens (including phenoxy) is 3. The molecule has 0 rings (SSSR count). The van der Waals surface area contributed by atoms with Crippen LogP contribution in [0.25, 0.3) is 0 Å². The number of carbonyl (C=O) groups excluding carboxylic acids is 2. The smallest absolute Gasteiger partial charge is 0.306 e. The van der Waals surface area contributed by atoms with E-state index in [0.29, 0.717) is 19.4 Å². The molecule has 0 aromatic heterocycles. The topological polar surface area (TPSA) is 61.8 Å². The fourth-order valence-electron chi connectivity index (χ4n) is 7.40. The van der Waals surface area contributed by atoms with Gasteiger partial charge in [-0.1, -0.05) is 234 Å². The zero-order valence-corrected chi connectivity index (χ0v) is 42.3. The zero-order chi connectivity index (χ0) is 46.3. The summed E-state index contributed by atoms with van der Waals surface area (Å²) in [6.07, 6.45) is 71.7. The van der Waals surface area contributed by atoms with E-state index in [1.165, 1.54) is 141 Å². The molecule has 0 bridgehead atoms. The lowest BCUT2D eigenvalue weighted by Gasteiger charge is -2.18. The lowest BCUT2D eigenvalue weighted by atomic mass is 10.0. The Bertz CT molecular complexity index is 1190. The Kier molecular flexibility index (Phi) is 51.9. The maximum absolute atomic E-state index is 12.8. The third kappa shape index (κ3) is 51.7. The molecule has 64 heavy (non-hydrogen) atoms. The summed E-state index contributed by atoms with van der Waals surface area (Å²) in [7, 11) is 0. The monoisotopic (exact) mass is 891 g/mol. The van der Waals surface area contributed by atoms with Gasteiger partial charge in [-0.15, -0.1) is 0 Å². The normalized spacial score (nSPS) is 12.9. The van der Waals surface area contributed by atoms with Crippen molar-refractivity contribution in [3.63, 3.8) is 0 Å². The summed E-state index contributed by atoms with van der Waals surface area (Å²) >= 11 is 0. The second-order valence-corrected chi connectivity index (χ2v) is 17.8. The Morgan fingerprint density at radius 1 is 0.359 bits per heavy atom. The standard InChI is InChI=1S/C59H102O5/c1-4-7-10-13-16-19-22-25-28-30-32-34-37-40-43-46-49-52-58(60)63-56-57(55-62-54-51-48-45-42-39-36-33-29-26-23-20-17-14-11-8-5-2)64-59(61)53-50-47-44-41-38-35-31-27-24-21-18-15-12-9-6-3/h7,10,16-17,19-20,25-26,28-29,32,34,40,43,57H,4-6,8-9,11-15,18,21-24,27,30-31,33,35-39,41-42,44-56H2,1-3H3/b10-7-,19-16-,20-17-,28-25-,29-26-,34-32-,43-40-. The molecule has 0 fully saturated rings. The van der Waals surface area contributed by atoms with Crippen molar-refractivity contribution >= 4 is 11.9 Å². The van der Waals surface area contributed by atoms with Crippen molar-refractivity contribution in [2.75, 3.05) is 19.8 Å². The van der Waals surface area contributed by atoms with Gasteiger partial charge in [0.15, 0.2) is 6.10 Å². The van der Waals surface area contributed by atoms with E-state index in [4.69, 9.17) is 14.2 Å². The second kappa shape index (κ2) is 54.4. The van der Waals surface area contributed by atoms with E-state index in [1.54, 1.807) is 0 Å². The van der Waals surface area contributed by atoms with Crippen molar-refractivity contribution in [2.45, 2.75) is 258 Å². The number of unbranched alkanes of at least 4 members (excludes halogenated alkanes) is 24. The maximum atomic E-state index is 12.8. The Balaban J connectivity index is 4.38. The van der Waals surface area contributed by atoms with Crippen LogP contribution in [-0.2, 0) is 23.8 Å². The molecule has 0 aliphatic carbocycles. The van der Waals surface area contributed by atoms with Crippen molar-refractivity contribution in [3.8, 4) is 0 Å². The van der Waals surface area contributed by atoms with Crippen LogP contribution in [-0.4, -0.2) is 37.9 Å². The minimum atomic E-state index is -0.566. The molecule has 0 aromatic rings. The number of allylic oxidation sites excluding steroid dienone is 14.